The summed E-state index contributed by atoms with van der Waals surface area (Å²) in [7, 11) is 0. The third kappa shape index (κ3) is 2.69. The Morgan fingerprint density at radius 3 is 2.93 bits per heavy atom. The molecule has 2 atom stereocenters. The zero-order chi connectivity index (χ0) is 10.7. The van der Waals surface area contributed by atoms with Gasteiger partial charge in [0.2, 0.25) is 5.91 Å². The van der Waals surface area contributed by atoms with Gasteiger partial charge in [0.15, 0.2) is 0 Å². The molecular weight excluding hydrogens is 192 g/mol. The first-order valence-electron chi connectivity index (χ1n) is 5.97. The lowest BCUT2D eigenvalue weighted by Gasteiger charge is -2.35. The van der Waals surface area contributed by atoms with E-state index in [-0.39, 0.29) is 18.1 Å². The maximum Gasteiger partial charge on any atom is 0.237 e. The minimum atomic E-state index is -0.241. The van der Waals surface area contributed by atoms with Crippen molar-refractivity contribution in [2.24, 2.45) is 0 Å². The van der Waals surface area contributed by atoms with Crippen LogP contribution in [0.25, 0.3) is 0 Å². The number of nitrogens with one attached hydrogen (secondary N) is 1. The van der Waals surface area contributed by atoms with Crippen LogP contribution in [0, 0.1) is 0 Å². The Hall–Kier alpha value is -0.610. The molecule has 2 saturated heterocycles. The first-order chi connectivity index (χ1) is 7.27. The number of rotatable bonds is 1. The average molecular weight is 212 g/mol. The molecule has 0 radical (unpaired) electrons. The van der Waals surface area contributed by atoms with Crippen molar-refractivity contribution in [1.29, 1.82) is 0 Å². The SMILES string of the molecule is O=C1NCCCCC1N1CCC[C@H](O)C1. The van der Waals surface area contributed by atoms with Crippen LogP contribution in [0.15, 0.2) is 0 Å². The van der Waals surface area contributed by atoms with Crippen LogP contribution >= 0.6 is 0 Å². The molecule has 1 amide bonds. The minimum absolute atomic E-state index is 0.00227. The molecule has 0 aromatic heterocycles. The van der Waals surface area contributed by atoms with Gasteiger partial charge in [-0.2, -0.15) is 0 Å². The first-order valence-corrected chi connectivity index (χ1v) is 5.97. The Bertz CT molecular complexity index is 233. The number of hydrogen-bond donors (Lipinski definition) is 2. The normalized spacial score (nSPS) is 34.6. The number of carbonyl (C=O) groups excluding carboxylic acids is 1. The van der Waals surface area contributed by atoms with Gasteiger partial charge in [-0.25, -0.2) is 0 Å². The van der Waals surface area contributed by atoms with Gasteiger partial charge in [-0.05, 0) is 38.6 Å². The van der Waals surface area contributed by atoms with Crippen LogP contribution in [0.5, 0.6) is 0 Å². The maximum atomic E-state index is 11.8. The van der Waals surface area contributed by atoms with Gasteiger partial charge in [0.25, 0.3) is 0 Å². The highest BCUT2D eigenvalue weighted by Gasteiger charge is 2.30. The molecule has 2 N–H and O–H groups in total. The van der Waals surface area contributed by atoms with Gasteiger partial charge in [-0.15, -0.1) is 0 Å². The molecule has 2 heterocycles. The van der Waals surface area contributed by atoms with Crippen molar-refractivity contribution in [2.75, 3.05) is 19.6 Å². The molecule has 0 saturated carbocycles. The van der Waals surface area contributed by atoms with Gasteiger partial charge in [0, 0.05) is 13.1 Å². The lowest BCUT2D eigenvalue weighted by molar-refractivity contribution is -0.127. The second-order valence-electron chi connectivity index (χ2n) is 4.59. The molecule has 86 valence electrons. The summed E-state index contributed by atoms with van der Waals surface area (Å²) >= 11 is 0. The summed E-state index contributed by atoms with van der Waals surface area (Å²) in [6.45, 7) is 2.43. The van der Waals surface area contributed by atoms with Crippen molar-refractivity contribution < 1.29 is 9.90 Å². The van der Waals surface area contributed by atoms with Crippen molar-refractivity contribution >= 4 is 5.91 Å². The molecule has 2 rings (SSSR count). The number of aliphatic hydroxyl groups is 1. The van der Waals surface area contributed by atoms with E-state index in [1.807, 2.05) is 0 Å². The second kappa shape index (κ2) is 4.94. The summed E-state index contributed by atoms with van der Waals surface area (Å²) in [6.07, 6.45) is 4.78. The van der Waals surface area contributed by atoms with E-state index < -0.39 is 0 Å². The van der Waals surface area contributed by atoms with Crippen LogP contribution in [0.1, 0.15) is 32.1 Å². The van der Waals surface area contributed by atoms with E-state index in [4.69, 9.17) is 0 Å². The number of hydrogen-bond acceptors (Lipinski definition) is 3. The first kappa shape index (κ1) is 10.9. The van der Waals surface area contributed by atoms with Gasteiger partial charge in [0.1, 0.15) is 0 Å². The molecule has 1 unspecified atom stereocenters. The molecule has 2 aliphatic rings. The summed E-state index contributed by atoms with van der Waals surface area (Å²) in [5.74, 6) is 0.154. The predicted molar refractivity (Wildman–Crippen MR) is 57.5 cm³/mol. The molecule has 2 aliphatic heterocycles. The van der Waals surface area contributed by atoms with Crippen molar-refractivity contribution in [2.45, 2.75) is 44.2 Å². The van der Waals surface area contributed by atoms with Crippen molar-refractivity contribution in [3.63, 3.8) is 0 Å². The summed E-state index contributed by atoms with van der Waals surface area (Å²) < 4.78 is 0. The number of amides is 1. The predicted octanol–water partition coefficient (Wildman–Crippen LogP) is 0.112. The standard InChI is InChI=1S/C11H20N2O2/c14-9-4-3-7-13(8-9)10-5-1-2-6-12-11(10)15/h9-10,14H,1-8H2,(H,12,15)/t9-,10?/m0/s1. The van der Waals surface area contributed by atoms with E-state index in [1.54, 1.807) is 0 Å². The smallest absolute Gasteiger partial charge is 0.237 e. The van der Waals surface area contributed by atoms with Crippen LogP contribution in [0.4, 0.5) is 0 Å². The molecule has 4 heteroatoms. The van der Waals surface area contributed by atoms with Crippen LogP contribution in [0.2, 0.25) is 0 Å². The van der Waals surface area contributed by atoms with Crippen LogP contribution < -0.4 is 5.32 Å². The molecule has 0 aromatic carbocycles. The minimum Gasteiger partial charge on any atom is -0.392 e. The Morgan fingerprint density at radius 1 is 1.27 bits per heavy atom. The highest BCUT2D eigenvalue weighted by atomic mass is 16.3. The lowest BCUT2D eigenvalue weighted by atomic mass is 10.0. The molecule has 15 heavy (non-hydrogen) atoms. The molecule has 0 bridgehead atoms. The Labute approximate surface area is 90.6 Å². The van der Waals surface area contributed by atoms with Crippen LogP contribution in [-0.2, 0) is 4.79 Å². The number of piperidine rings is 1. The van der Waals surface area contributed by atoms with E-state index in [2.05, 4.69) is 10.2 Å². The van der Waals surface area contributed by atoms with Crippen molar-refractivity contribution in [3.05, 3.63) is 0 Å². The van der Waals surface area contributed by atoms with E-state index in [0.29, 0.717) is 6.54 Å². The zero-order valence-corrected chi connectivity index (χ0v) is 9.11. The third-order valence-corrected chi connectivity index (χ3v) is 3.37. The molecule has 0 spiro atoms. The number of nitrogens with zero attached hydrogens (tertiary/aromatic N) is 1. The maximum absolute atomic E-state index is 11.8. The van der Waals surface area contributed by atoms with E-state index in [0.717, 1.165) is 45.2 Å². The highest BCUT2D eigenvalue weighted by Crippen LogP contribution is 2.18. The fraction of sp³-hybridized carbons (Fsp3) is 0.909. The summed E-state index contributed by atoms with van der Waals surface area (Å²) in [5.41, 5.74) is 0. The fourth-order valence-electron chi connectivity index (χ4n) is 2.54. The van der Waals surface area contributed by atoms with E-state index in [1.165, 1.54) is 0 Å². The topological polar surface area (TPSA) is 52.6 Å². The van der Waals surface area contributed by atoms with E-state index in [9.17, 15) is 9.90 Å². The number of likely N-dealkylation sites (tertiary alicyclic amines) is 1. The Balaban J connectivity index is 1.97. The number of β-amino-alcohol motifs (C(OH)–C–C–N with tert-alkyl or cyclic N) is 1. The zero-order valence-electron chi connectivity index (χ0n) is 9.11. The van der Waals surface area contributed by atoms with Gasteiger partial charge in [-0.3, -0.25) is 9.69 Å². The summed E-state index contributed by atoms with van der Waals surface area (Å²) in [4.78, 5) is 13.9. The second-order valence-corrected chi connectivity index (χ2v) is 4.59. The summed E-state index contributed by atoms with van der Waals surface area (Å²) in [6, 6.07) is 0.00227. The van der Waals surface area contributed by atoms with Gasteiger partial charge in [-0.1, -0.05) is 0 Å². The molecule has 0 aliphatic carbocycles. The van der Waals surface area contributed by atoms with Crippen LogP contribution in [0.3, 0.4) is 0 Å². The molecule has 2 fully saturated rings. The average Bonchev–Trinajstić information content (AvgIpc) is 2.43. The Kier molecular flexibility index (Phi) is 3.59. The lowest BCUT2D eigenvalue weighted by Crippen LogP contribution is -2.50. The van der Waals surface area contributed by atoms with Gasteiger partial charge < -0.3 is 10.4 Å². The summed E-state index contributed by atoms with van der Waals surface area (Å²) in [5, 5.41) is 12.5. The number of aliphatic hydroxyl groups excluding tert-OH is 1. The van der Waals surface area contributed by atoms with Crippen molar-refractivity contribution in [3.8, 4) is 0 Å². The monoisotopic (exact) mass is 212 g/mol. The Morgan fingerprint density at radius 2 is 2.13 bits per heavy atom. The largest absolute Gasteiger partial charge is 0.392 e. The van der Waals surface area contributed by atoms with Crippen LogP contribution in [-0.4, -0.2) is 47.7 Å². The molecule has 4 nitrogen and oxygen atoms in total. The van der Waals surface area contributed by atoms with Gasteiger partial charge >= 0.3 is 0 Å². The van der Waals surface area contributed by atoms with Gasteiger partial charge in [0.05, 0.1) is 12.1 Å². The fourth-order valence-corrected chi connectivity index (χ4v) is 2.54. The third-order valence-electron chi connectivity index (χ3n) is 3.37. The highest BCUT2D eigenvalue weighted by molar-refractivity contribution is 5.81. The van der Waals surface area contributed by atoms with Crippen molar-refractivity contribution in [1.82, 2.24) is 10.2 Å². The molecular formula is C11H20N2O2. The molecule has 0 aromatic rings. The number of carbonyl (C=O) groups is 1. The quantitative estimate of drug-likeness (QED) is 0.649. The van der Waals surface area contributed by atoms with E-state index >= 15 is 0 Å².